The number of amides is 1. The number of hydrogen-bond acceptors (Lipinski definition) is 5. The van der Waals surface area contributed by atoms with Crippen molar-refractivity contribution in [1.29, 1.82) is 0 Å². The Labute approximate surface area is 202 Å². The smallest absolute Gasteiger partial charge is 0.305 e. The van der Waals surface area contributed by atoms with E-state index in [0.717, 1.165) is 0 Å². The second-order valence-corrected chi connectivity index (χ2v) is 8.42. The third kappa shape index (κ3) is 6.84. The molecular weight excluding hydrogens is 453 g/mol. The summed E-state index contributed by atoms with van der Waals surface area (Å²) in [5, 5.41) is 36.3. The van der Waals surface area contributed by atoms with Gasteiger partial charge in [-0.2, -0.15) is 5.10 Å². The number of carboxylic acid groups (broad SMARTS) is 1. The van der Waals surface area contributed by atoms with E-state index in [0.29, 0.717) is 22.6 Å². The summed E-state index contributed by atoms with van der Waals surface area (Å²) >= 11 is 0. The minimum atomic E-state index is -1.22. The molecule has 1 aromatic heterocycles. The first kappa shape index (κ1) is 25.8. The average Bonchev–Trinajstić information content (AvgIpc) is 3.18. The van der Waals surface area contributed by atoms with Crippen LogP contribution in [0, 0.1) is 5.82 Å². The first-order valence-electron chi connectivity index (χ1n) is 11.2. The van der Waals surface area contributed by atoms with Gasteiger partial charge in [-0.05, 0) is 48.4 Å². The van der Waals surface area contributed by atoms with E-state index in [1.165, 1.54) is 35.0 Å². The second-order valence-electron chi connectivity index (χ2n) is 8.42. The number of aromatic nitrogens is 2. The van der Waals surface area contributed by atoms with Gasteiger partial charge in [0.15, 0.2) is 5.69 Å². The Morgan fingerprint density at radius 1 is 1.09 bits per heavy atom. The molecule has 0 aliphatic rings. The molecule has 0 aliphatic heterocycles. The molecule has 0 aliphatic carbocycles. The number of nitrogens with one attached hydrogen (secondary N) is 1. The third-order valence-electron chi connectivity index (χ3n) is 5.25. The highest BCUT2D eigenvalue weighted by Gasteiger charge is 2.25. The molecule has 0 radical (unpaired) electrons. The summed E-state index contributed by atoms with van der Waals surface area (Å²) in [5.41, 5.74) is 2.39. The van der Waals surface area contributed by atoms with E-state index in [4.69, 9.17) is 5.11 Å². The fourth-order valence-corrected chi connectivity index (χ4v) is 3.68. The molecule has 35 heavy (non-hydrogen) atoms. The number of benzene rings is 2. The van der Waals surface area contributed by atoms with Crippen LogP contribution in [0.4, 0.5) is 10.1 Å². The van der Waals surface area contributed by atoms with Crippen LogP contribution in [-0.4, -0.2) is 49.2 Å². The third-order valence-corrected chi connectivity index (χ3v) is 5.25. The van der Waals surface area contributed by atoms with Crippen molar-refractivity contribution in [2.75, 3.05) is 5.32 Å². The highest BCUT2D eigenvalue weighted by atomic mass is 19.1. The first-order chi connectivity index (χ1) is 16.7. The maximum Gasteiger partial charge on any atom is 0.305 e. The number of halogens is 1. The summed E-state index contributed by atoms with van der Waals surface area (Å²) < 4.78 is 15.0. The lowest BCUT2D eigenvalue weighted by Crippen LogP contribution is -2.19. The van der Waals surface area contributed by atoms with Gasteiger partial charge in [0.1, 0.15) is 5.82 Å². The molecule has 1 heterocycles. The van der Waals surface area contributed by atoms with Crippen molar-refractivity contribution in [1.82, 2.24) is 9.78 Å². The Hall–Kier alpha value is -3.82. The Morgan fingerprint density at radius 2 is 1.74 bits per heavy atom. The number of para-hydroxylation sites is 1. The van der Waals surface area contributed by atoms with Gasteiger partial charge in [0.05, 0.1) is 30.0 Å². The number of hydrogen-bond donors (Lipinski definition) is 4. The lowest BCUT2D eigenvalue weighted by Gasteiger charge is -2.12. The molecule has 0 spiro atoms. The maximum absolute atomic E-state index is 13.5. The van der Waals surface area contributed by atoms with Crippen molar-refractivity contribution in [3.63, 3.8) is 0 Å². The number of carbonyl (C=O) groups excluding carboxylic acids is 1. The standard InChI is InChI=1S/C26H28FN3O5/c1-16(2)24-22(13-12-20(31)14-21(32)15-23(33)34)30(19-10-8-17(27)9-11-19)29-25(24)26(35)28-18-6-4-3-5-7-18/h3-13,16,20-21,31-32H,14-15H2,1-2H3,(H,28,35)(H,33,34)/b13-12+/t20-,21-/m1/s1. The fraction of sp³-hybridized carbons (Fsp3) is 0.269. The number of rotatable bonds is 10. The Bertz CT molecular complexity index is 1190. The van der Waals surface area contributed by atoms with Gasteiger partial charge in [0, 0.05) is 17.7 Å². The van der Waals surface area contributed by atoms with E-state index < -0.39 is 36.3 Å². The molecule has 2 aromatic carbocycles. The molecular formula is C26H28FN3O5. The zero-order valence-corrected chi connectivity index (χ0v) is 19.4. The van der Waals surface area contributed by atoms with E-state index in [9.17, 15) is 24.2 Å². The molecule has 3 rings (SSSR count). The quantitative estimate of drug-likeness (QED) is 0.347. The molecule has 4 N–H and O–H groups in total. The number of carboxylic acids is 1. The highest BCUT2D eigenvalue weighted by Crippen LogP contribution is 2.28. The van der Waals surface area contributed by atoms with E-state index in [2.05, 4.69) is 10.4 Å². The Morgan fingerprint density at radius 3 is 2.34 bits per heavy atom. The summed E-state index contributed by atoms with van der Waals surface area (Å²) in [4.78, 5) is 23.9. The van der Waals surface area contributed by atoms with Crippen molar-refractivity contribution < 1.29 is 29.3 Å². The predicted octanol–water partition coefficient (Wildman–Crippen LogP) is 3.99. The Balaban J connectivity index is 2.02. The fourth-order valence-electron chi connectivity index (χ4n) is 3.68. The van der Waals surface area contributed by atoms with Gasteiger partial charge in [-0.1, -0.05) is 38.1 Å². The molecule has 2 atom stereocenters. The van der Waals surface area contributed by atoms with Gasteiger partial charge in [-0.15, -0.1) is 0 Å². The summed E-state index contributed by atoms with van der Waals surface area (Å²) in [6.45, 7) is 3.80. The van der Waals surface area contributed by atoms with Crippen molar-refractivity contribution in [3.05, 3.63) is 83.4 Å². The van der Waals surface area contributed by atoms with Crippen molar-refractivity contribution >= 4 is 23.6 Å². The van der Waals surface area contributed by atoms with Crippen molar-refractivity contribution in [2.24, 2.45) is 0 Å². The van der Waals surface area contributed by atoms with Crippen LogP contribution < -0.4 is 5.32 Å². The lowest BCUT2D eigenvalue weighted by molar-refractivity contribution is -0.139. The summed E-state index contributed by atoms with van der Waals surface area (Å²) in [6, 6.07) is 14.5. The Kier molecular flexibility index (Phi) is 8.51. The van der Waals surface area contributed by atoms with Crippen LogP contribution in [0.1, 0.15) is 54.4 Å². The molecule has 0 unspecified atom stereocenters. The maximum atomic E-state index is 13.5. The van der Waals surface area contributed by atoms with Crippen LogP contribution in [0.25, 0.3) is 11.8 Å². The molecule has 8 nitrogen and oxygen atoms in total. The van der Waals surface area contributed by atoms with Crippen LogP contribution in [0.2, 0.25) is 0 Å². The zero-order chi connectivity index (χ0) is 25.5. The van der Waals surface area contributed by atoms with E-state index in [-0.39, 0.29) is 18.0 Å². The van der Waals surface area contributed by atoms with Gasteiger partial charge in [0.25, 0.3) is 5.91 Å². The van der Waals surface area contributed by atoms with Crippen LogP contribution in [0.3, 0.4) is 0 Å². The molecule has 1 amide bonds. The van der Waals surface area contributed by atoms with Gasteiger partial charge in [0.2, 0.25) is 0 Å². The molecule has 0 saturated carbocycles. The summed E-state index contributed by atoms with van der Waals surface area (Å²) in [6.07, 6.45) is -0.0325. The van der Waals surface area contributed by atoms with Crippen molar-refractivity contribution in [2.45, 2.75) is 44.8 Å². The van der Waals surface area contributed by atoms with Crippen LogP contribution in [0.5, 0.6) is 0 Å². The summed E-state index contributed by atoms with van der Waals surface area (Å²) in [7, 11) is 0. The minimum Gasteiger partial charge on any atom is -0.481 e. The average molecular weight is 482 g/mol. The van der Waals surface area contributed by atoms with Gasteiger partial charge >= 0.3 is 5.97 Å². The predicted molar refractivity (Wildman–Crippen MR) is 130 cm³/mol. The van der Waals surface area contributed by atoms with Gasteiger partial charge in [-0.3, -0.25) is 9.59 Å². The molecule has 0 saturated heterocycles. The monoisotopic (exact) mass is 481 g/mol. The number of aliphatic hydroxyl groups excluding tert-OH is 2. The van der Waals surface area contributed by atoms with E-state index >= 15 is 0 Å². The van der Waals surface area contributed by atoms with Gasteiger partial charge < -0.3 is 20.6 Å². The first-order valence-corrected chi connectivity index (χ1v) is 11.2. The SMILES string of the molecule is CC(C)c1c(C(=O)Nc2ccccc2)nn(-c2ccc(F)cc2)c1/C=C/[C@@H](O)C[C@@H](O)CC(=O)O. The number of carbonyl (C=O) groups is 2. The van der Waals surface area contributed by atoms with Crippen LogP contribution >= 0.6 is 0 Å². The minimum absolute atomic E-state index is 0.143. The second kappa shape index (κ2) is 11.5. The highest BCUT2D eigenvalue weighted by molar-refractivity contribution is 6.04. The normalized spacial score (nSPS) is 13.2. The molecule has 9 heteroatoms. The zero-order valence-electron chi connectivity index (χ0n) is 19.4. The van der Waals surface area contributed by atoms with Gasteiger partial charge in [-0.25, -0.2) is 9.07 Å². The number of aliphatic hydroxyl groups is 2. The molecule has 184 valence electrons. The molecule has 0 fully saturated rings. The number of anilines is 1. The number of nitrogens with zero attached hydrogens (tertiary/aromatic N) is 2. The number of aliphatic carboxylic acids is 1. The topological polar surface area (TPSA) is 125 Å². The molecule has 0 bridgehead atoms. The van der Waals surface area contributed by atoms with Crippen LogP contribution in [-0.2, 0) is 4.79 Å². The lowest BCUT2D eigenvalue weighted by atomic mass is 9.98. The summed E-state index contributed by atoms with van der Waals surface area (Å²) in [5.74, 6) is -2.16. The van der Waals surface area contributed by atoms with Crippen LogP contribution in [0.15, 0.2) is 60.7 Å². The van der Waals surface area contributed by atoms with E-state index in [1.807, 2.05) is 19.9 Å². The molecule has 3 aromatic rings. The largest absolute Gasteiger partial charge is 0.481 e. The van der Waals surface area contributed by atoms with E-state index in [1.54, 1.807) is 30.3 Å². The van der Waals surface area contributed by atoms with Crippen molar-refractivity contribution in [3.8, 4) is 5.69 Å².